The van der Waals surface area contributed by atoms with E-state index in [9.17, 15) is 0 Å². The number of benzene rings is 1. The quantitative estimate of drug-likeness (QED) is 0.919. The molecule has 2 rings (SSSR count). The van der Waals surface area contributed by atoms with E-state index in [4.69, 9.17) is 0 Å². The second kappa shape index (κ2) is 6.80. The topological polar surface area (TPSA) is 18.5 Å². The predicted molar refractivity (Wildman–Crippen MR) is 92.0 cm³/mol. The van der Waals surface area contributed by atoms with Gasteiger partial charge in [0.2, 0.25) is 0 Å². The molecule has 118 valence electrons. The van der Waals surface area contributed by atoms with Crippen molar-refractivity contribution in [2.24, 2.45) is 0 Å². The molecule has 1 aliphatic rings. The van der Waals surface area contributed by atoms with Gasteiger partial charge in [-0.25, -0.2) is 0 Å². The molecule has 1 atom stereocenters. The third-order valence-electron chi connectivity index (χ3n) is 4.27. The second-order valence-electron chi connectivity index (χ2n) is 7.44. The Morgan fingerprint density at radius 1 is 1.24 bits per heavy atom. The highest BCUT2D eigenvalue weighted by Crippen LogP contribution is 2.25. The number of para-hydroxylation sites is 1. The molecule has 0 saturated carbocycles. The van der Waals surface area contributed by atoms with Crippen LogP contribution in [0, 0.1) is 0 Å². The Labute approximate surface area is 130 Å². The molecule has 21 heavy (non-hydrogen) atoms. The molecular weight excluding hydrogens is 258 g/mol. The van der Waals surface area contributed by atoms with Gasteiger partial charge in [-0.1, -0.05) is 18.2 Å². The first-order chi connectivity index (χ1) is 9.87. The Morgan fingerprint density at radius 3 is 2.62 bits per heavy atom. The van der Waals surface area contributed by atoms with Crippen LogP contribution >= 0.6 is 0 Å². The van der Waals surface area contributed by atoms with Crippen molar-refractivity contribution < 1.29 is 0 Å². The largest absolute Gasteiger partial charge is 0.370 e. The summed E-state index contributed by atoms with van der Waals surface area (Å²) < 4.78 is 0. The van der Waals surface area contributed by atoms with Gasteiger partial charge < -0.3 is 15.1 Å². The molecule has 1 unspecified atom stereocenters. The number of hydrogen-bond donors (Lipinski definition) is 1. The van der Waals surface area contributed by atoms with Gasteiger partial charge in [-0.2, -0.15) is 0 Å². The summed E-state index contributed by atoms with van der Waals surface area (Å²) in [6.45, 7) is 9.91. The number of hydrogen-bond acceptors (Lipinski definition) is 3. The van der Waals surface area contributed by atoms with Crippen LogP contribution in [0.2, 0.25) is 0 Å². The zero-order valence-corrected chi connectivity index (χ0v) is 14.3. The van der Waals surface area contributed by atoms with Crippen LogP contribution in [0.4, 0.5) is 5.69 Å². The van der Waals surface area contributed by atoms with Crippen molar-refractivity contribution in [1.29, 1.82) is 0 Å². The molecule has 1 aliphatic heterocycles. The second-order valence-corrected chi connectivity index (χ2v) is 7.44. The minimum absolute atomic E-state index is 0.154. The molecule has 0 radical (unpaired) electrons. The summed E-state index contributed by atoms with van der Waals surface area (Å²) in [5.74, 6) is 0. The molecule has 1 heterocycles. The molecule has 3 nitrogen and oxygen atoms in total. The van der Waals surface area contributed by atoms with E-state index in [2.05, 4.69) is 74.2 Å². The van der Waals surface area contributed by atoms with Crippen LogP contribution in [0.15, 0.2) is 24.3 Å². The van der Waals surface area contributed by atoms with Crippen LogP contribution in [0.1, 0.15) is 39.2 Å². The first-order valence-electron chi connectivity index (χ1n) is 8.11. The molecule has 1 aromatic rings. The van der Waals surface area contributed by atoms with Gasteiger partial charge in [0.25, 0.3) is 0 Å². The van der Waals surface area contributed by atoms with E-state index in [-0.39, 0.29) is 5.54 Å². The van der Waals surface area contributed by atoms with Crippen molar-refractivity contribution in [1.82, 2.24) is 10.2 Å². The number of likely N-dealkylation sites (N-methyl/N-ethyl adjacent to an activating group) is 1. The van der Waals surface area contributed by atoms with Crippen LogP contribution in [-0.4, -0.2) is 43.7 Å². The highest BCUT2D eigenvalue weighted by atomic mass is 15.2. The van der Waals surface area contributed by atoms with Crippen molar-refractivity contribution in [3.63, 3.8) is 0 Å². The summed E-state index contributed by atoms with van der Waals surface area (Å²) in [6.07, 6.45) is 2.59. The van der Waals surface area contributed by atoms with E-state index < -0.39 is 0 Å². The summed E-state index contributed by atoms with van der Waals surface area (Å²) in [4.78, 5) is 4.93. The summed E-state index contributed by atoms with van der Waals surface area (Å²) in [6, 6.07) is 9.51. The van der Waals surface area contributed by atoms with Gasteiger partial charge >= 0.3 is 0 Å². The lowest BCUT2D eigenvalue weighted by Gasteiger charge is -2.38. The lowest BCUT2D eigenvalue weighted by atomic mass is 10.0. The molecule has 1 aromatic carbocycles. The van der Waals surface area contributed by atoms with E-state index in [0.717, 1.165) is 13.1 Å². The minimum atomic E-state index is 0.154. The fourth-order valence-electron chi connectivity index (χ4n) is 2.92. The van der Waals surface area contributed by atoms with Crippen molar-refractivity contribution in [2.75, 3.05) is 32.1 Å². The van der Waals surface area contributed by atoms with Crippen LogP contribution in [0.3, 0.4) is 0 Å². The molecule has 0 spiro atoms. The normalized spacial score (nSPS) is 20.1. The molecule has 3 heteroatoms. The van der Waals surface area contributed by atoms with Crippen molar-refractivity contribution in [3.8, 4) is 0 Å². The van der Waals surface area contributed by atoms with Crippen molar-refractivity contribution in [2.45, 2.75) is 51.7 Å². The maximum absolute atomic E-state index is 3.61. The van der Waals surface area contributed by atoms with E-state index in [1.807, 2.05) is 0 Å². The molecule has 0 aliphatic carbocycles. The molecule has 1 N–H and O–H groups in total. The summed E-state index contributed by atoms with van der Waals surface area (Å²) in [7, 11) is 4.39. The lowest BCUT2D eigenvalue weighted by molar-refractivity contribution is 0.258. The zero-order chi connectivity index (χ0) is 15.5. The van der Waals surface area contributed by atoms with Crippen molar-refractivity contribution in [3.05, 3.63) is 29.8 Å². The fourth-order valence-corrected chi connectivity index (χ4v) is 2.92. The summed E-state index contributed by atoms with van der Waals surface area (Å²) in [5.41, 5.74) is 2.97. The Bertz CT molecular complexity index is 448. The highest BCUT2D eigenvalue weighted by Gasteiger charge is 2.23. The van der Waals surface area contributed by atoms with Gasteiger partial charge in [0.1, 0.15) is 0 Å². The monoisotopic (exact) mass is 289 g/mol. The van der Waals surface area contributed by atoms with E-state index in [1.54, 1.807) is 0 Å². The Hall–Kier alpha value is -1.06. The molecule has 0 amide bonds. The average molecular weight is 289 g/mol. The van der Waals surface area contributed by atoms with Gasteiger partial charge in [-0.05, 0) is 59.3 Å². The predicted octanol–water partition coefficient (Wildman–Crippen LogP) is 3.11. The fraction of sp³-hybridized carbons (Fsp3) is 0.667. The highest BCUT2D eigenvalue weighted by molar-refractivity contribution is 5.54. The van der Waals surface area contributed by atoms with Crippen LogP contribution < -0.4 is 10.2 Å². The number of nitrogens with zero attached hydrogens (tertiary/aromatic N) is 2. The van der Waals surface area contributed by atoms with Crippen molar-refractivity contribution >= 4 is 5.69 Å². The molecule has 1 saturated heterocycles. The number of piperidine rings is 1. The molecule has 1 fully saturated rings. The number of nitrogens with one attached hydrogen (secondary N) is 1. The molecule has 0 bridgehead atoms. The third-order valence-corrected chi connectivity index (χ3v) is 4.27. The van der Waals surface area contributed by atoms with E-state index >= 15 is 0 Å². The smallest absolute Gasteiger partial charge is 0.0412 e. The standard InChI is InChI=1S/C18H31N3/c1-18(2,3)19-13-15-9-6-7-11-17(15)21-12-8-10-16(14-21)20(4)5/h6-7,9,11,16,19H,8,10,12-14H2,1-5H3. The Morgan fingerprint density at radius 2 is 1.95 bits per heavy atom. The first-order valence-corrected chi connectivity index (χ1v) is 8.11. The lowest BCUT2D eigenvalue weighted by Crippen LogP contribution is -2.45. The maximum atomic E-state index is 3.61. The van der Waals surface area contributed by atoms with Gasteiger partial charge in [0.15, 0.2) is 0 Å². The zero-order valence-electron chi connectivity index (χ0n) is 14.3. The third kappa shape index (κ3) is 4.72. The van der Waals surface area contributed by atoms with Gasteiger partial charge in [-0.15, -0.1) is 0 Å². The summed E-state index contributed by atoms with van der Waals surface area (Å²) in [5, 5.41) is 3.61. The van der Waals surface area contributed by atoms with Crippen LogP contribution in [-0.2, 0) is 6.54 Å². The summed E-state index contributed by atoms with van der Waals surface area (Å²) >= 11 is 0. The first kappa shape index (κ1) is 16.3. The maximum Gasteiger partial charge on any atom is 0.0412 e. The SMILES string of the molecule is CN(C)C1CCCN(c2ccccc2CNC(C)(C)C)C1. The average Bonchev–Trinajstić information content (AvgIpc) is 2.45. The molecule has 0 aromatic heterocycles. The van der Waals surface area contributed by atoms with Gasteiger partial charge in [0.05, 0.1) is 0 Å². The van der Waals surface area contributed by atoms with Crippen LogP contribution in [0.5, 0.6) is 0 Å². The van der Waals surface area contributed by atoms with Crippen LogP contribution in [0.25, 0.3) is 0 Å². The Kier molecular flexibility index (Phi) is 5.28. The Balaban J connectivity index is 2.11. The van der Waals surface area contributed by atoms with Gasteiger partial charge in [0, 0.05) is 36.9 Å². The van der Waals surface area contributed by atoms with Gasteiger partial charge in [-0.3, -0.25) is 0 Å². The number of rotatable bonds is 4. The molecular formula is C18H31N3. The van der Waals surface area contributed by atoms with E-state index in [1.165, 1.54) is 30.6 Å². The minimum Gasteiger partial charge on any atom is -0.370 e. The number of anilines is 1. The van der Waals surface area contributed by atoms with E-state index in [0.29, 0.717) is 6.04 Å².